The van der Waals surface area contributed by atoms with Gasteiger partial charge in [-0.1, -0.05) is 12.1 Å². The van der Waals surface area contributed by atoms with Crippen LogP contribution in [0.4, 0.5) is 4.79 Å². The van der Waals surface area contributed by atoms with Gasteiger partial charge in [0, 0.05) is 51.9 Å². The zero-order valence-electron chi connectivity index (χ0n) is 17.5. The Morgan fingerprint density at radius 3 is 2.13 bits per heavy atom. The number of carbonyl (C=O) groups is 1. The summed E-state index contributed by atoms with van der Waals surface area (Å²) in [5, 5.41) is 0. The lowest BCUT2D eigenvalue weighted by Gasteiger charge is -2.32. The number of rotatable bonds is 5. The number of likely N-dealkylation sites (N-methyl/N-ethyl adjacent to an activating group) is 1. The summed E-state index contributed by atoms with van der Waals surface area (Å²) in [5.41, 5.74) is 7.13. The predicted molar refractivity (Wildman–Crippen MR) is 116 cm³/mol. The molecule has 160 valence electrons. The van der Waals surface area contributed by atoms with Gasteiger partial charge < -0.3 is 25.0 Å². The first-order valence-electron chi connectivity index (χ1n) is 10.6. The SMILES string of the molecule is CN1CCN(Cc2ccc(Oc3ccc(OC(=O)N4CC[C@@H](N)C4)cc3)cc2)CC1. The van der Waals surface area contributed by atoms with Gasteiger partial charge in [0.2, 0.25) is 0 Å². The van der Waals surface area contributed by atoms with Crippen molar-refractivity contribution in [2.24, 2.45) is 5.73 Å². The molecule has 4 rings (SSSR count). The van der Waals surface area contributed by atoms with Crippen molar-refractivity contribution in [2.45, 2.75) is 19.0 Å². The Morgan fingerprint density at radius 1 is 0.933 bits per heavy atom. The van der Waals surface area contributed by atoms with Gasteiger partial charge in [-0.15, -0.1) is 0 Å². The maximum Gasteiger partial charge on any atom is 0.415 e. The van der Waals surface area contributed by atoms with Crippen LogP contribution in [0, 0.1) is 0 Å². The van der Waals surface area contributed by atoms with Gasteiger partial charge in [-0.05, 0) is 55.4 Å². The van der Waals surface area contributed by atoms with Crippen LogP contribution < -0.4 is 15.2 Å². The molecule has 0 unspecified atom stereocenters. The molecule has 0 bridgehead atoms. The van der Waals surface area contributed by atoms with Gasteiger partial charge in [0.05, 0.1) is 0 Å². The van der Waals surface area contributed by atoms with Crippen LogP contribution in [-0.2, 0) is 6.54 Å². The molecule has 1 amide bonds. The molecule has 2 aliphatic rings. The minimum atomic E-state index is -0.354. The smallest absolute Gasteiger partial charge is 0.415 e. The number of nitrogens with zero attached hydrogens (tertiary/aromatic N) is 3. The summed E-state index contributed by atoms with van der Waals surface area (Å²) in [6.45, 7) is 6.62. The molecule has 0 aliphatic carbocycles. The van der Waals surface area contributed by atoms with Crippen LogP contribution in [0.5, 0.6) is 17.2 Å². The van der Waals surface area contributed by atoms with E-state index in [0.717, 1.165) is 44.9 Å². The van der Waals surface area contributed by atoms with E-state index in [1.807, 2.05) is 12.1 Å². The Morgan fingerprint density at radius 2 is 1.53 bits per heavy atom. The first-order valence-corrected chi connectivity index (χ1v) is 10.6. The van der Waals surface area contributed by atoms with Crippen LogP contribution in [0.3, 0.4) is 0 Å². The lowest BCUT2D eigenvalue weighted by atomic mass is 10.2. The van der Waals surface area contributed by atoms with Crippen LogP contribution in [-0.4, -0.2) is 73.2 Å². The van der Waals surface area contributed by atoms with Crippen LogP contribution in [0.1, 0.15) is 12.0 Å². The van der Waals surface area contributed by atoms with Gasteiger partial charge in [-0.3, -0.25) is 4.90 Å². The molecule has 0 radical (unpaired) electrons. The normalized spacial score (nSPS) is 20.3. The van der Waals surface area contributed by atoms with E-state index in [1.165, 1.54) is 5.56 Å². The van der Waals surface area contributed by atoms with E-state index in [9.17, 15) is 4.79 Å². The van der Waals surface area contributed by atoms with E-state index in [4.69, 9.17) is 15.2 Å². The van der Waals surface area contributed by atoms with Gasteiger partial charge in [0.15, 0.2) is 0 Å². The molecular formula is C23H30N4O3. The summed E-state index contributed by atoms with van der Waals surface area (Å²) in [4.78, 5) is 18.6. The van der Waals surface area contributed by atoms with E-state index in [1.54, 1.807) is 29.2 Å². The van der Waals surface area contributed by atoms with Crippen LogP contribution in [0.25, 0.3) is 0 Å². The molecule has 30 heavy (non-hydrogen) atoms. The highest BCUT2D eigenvalue weighted by molar-refractivity contribution is 5.71. The molecule has 2 fully saturated rings. The fourth-order valence-corrected chi connectivity index (χ4v) is 3.76. The lowest BCUT2D eigenvalue weighted by Crippen LogP contribution is -2.43. The summed E-state index contributed by atoms with van der Waals surface area (Å²) in [6, 6.07) is 15.4. The Hall–Kier alpha value is -2.61. The summed E-state index contributed by atoms with van der Waals surface area (Å²) in [5.74, 6) is 1.98. The molecule has 7 heteroatoms. The molecule has 2 aliphatic heterocycles. The number of amides is 1. The van der Waals surface area contributed by atoms with Gasteiger partial charge in [-0.25, -0.2) is 4.79 Å². The van der Waals surface area contributed by atoms with Crippen molar-refractivity contribution in [1.29, 1.82) is 0 Å². The van der Waals surface area contributed by atoms with Crippen molar-refractivity contribution in [3.63, 3.8) is 0 Å². The Balaban J connectivity index is 1.27. The van der Waals surface area contributed by atoms with Crippen molar-refractivity contribution in [2.75, 3.05) is 46.3 Å². The third-order valence-corrected chi connectivity index (χ3v) is 5.67. The fraction of sp³-hybridized carbons (Fsp3) is 0.435. The van der Waals surface area contributed by atoms with Gasteiger partial charge in [-0.2, -0.15) is 0 Å². The fourth-order valence-electron chi connectivity index (χ4n) is 3.76. The van der Waals surface area contributed by atoms with Crippen LogP contribution in [0.15, 0.2) is 48.5 Å². The number of hydrogen-bond donors (Lipinski definition) is 1. The Kier molecular flexibility index (Phi) is 6.52. The number of nitrogens with two attached hydrogens (primary N) is 1. The maximum absolute atomic E-state index is 12.1. The van der Waals surface area contributed by atoms with Crippen molar-refractivity contribution in [1.82, 2.24) is 14.7 Å². The minimum absolute atomic E-state index is 0.0428. The number of ether oxygens (including phenoxy) is 2. The molecular weight excluding hydrogens is 380 g/mol. The average molecular weight is 411 g/mol. The van der Waals surface area contributed by atoms with E-state index >= 15 is 0 Å². The highest BCUT2D eigenvalue weighted by Crippen LogP contribution is 2.25. The minimum Gasteiger partial charge on any atom is -0.457 e. The van der Waals surface area contributed by atoms with Crippen molar-refractivity contribution >= 4 is 6.09 Å². The number of carbonyl (C=O) groups excluding carboxylic acids is 1. The summed E-state index contributed by atoms with van der Waals surface area (Å²) < 4.78 is 11.3. The maximum atomic E-state index is 12.1. The van der Waals surface area contributed by atoms with Gasteiger partial charge >= 0.3 is 6.09 Å². The molecule has 0 saturated carbocycles. The predicted octanol–water partition coefficient (Wildman–Crippen LogP) is 2.76. The summed E-state index contributed by atoms with van der Waals surface area (Å²) in [7, 11) is 2.17. The van der Waals surface area contributed by atoms with Crippen LogP contribution in [0.2, 0.25) is 0 Å². The zero-order valence-corrected chi connectivity index (χ0v) is 17.5. The Bertz CT molecular complexity index is 833. The third-order valence-electron chi connectivity index (χ3n) is 5.67. The first-order chi connectivity index (χ1) is 14.5. The number of piperazine rings is 1. The molecule has 7 nitrogen and oxygen atoms in total. The van der Waals surface area contributed by atoms with E-state index in [0.29, 0.717) is 24.6 Å². The summed E-state index contributed by atoms with van der Waals surface area (Å²) >= 11 is 0. The second-order valence-electron chi connectivity index (χ2n) is 8.16. The zero-order chi connectivity index (χ0) is 20.9. The molecule has 2 aromatic rings. The third kappa shape index (κ3) is 5.50. The molecule has 2 aromatic carbocycles. The van der Waals surface area contributed by atoms with Gasteiger partial charge in [0.1, 0.15) is 17.2 Å². The second-order valence-corrected chi connectivity index (χ2v) is 8.16. The van der Waals surface area contributed by atoms with E-state index < -0.39 is 0 Å². The second kappa shape index (κ2) is 9.47. The molecule has 2 saturated heterocycles. The van der Waals surface area contributed by atoms with E-state index in [-0.39, 0.29) is 12.1 Å². The standard InChI is InChI=1S/C23H30N4O3/c1-25-12-14-26(15-13-25)16-18-2-4-20(5-3-18)29-21-6-8-22(9-7-21)30-23(28)27-11-10-19(24)17-27/h2-9,19H,10-17,24H2,1H3/t19-/m1/s1. The highest BCUT2D eigenvalue weighted by Gasteiger charge is 2.25. The van der Waals surface area contributed by atoms with Crippen LogP contribution >= 0.6 is 0 Å². The molecule has 2 N–H and O–H groups in total. The number of likely N-dealkylation sites (tertiary alicyclic amines) is 1. The largest absolute Gasteiger partial charge is 0.457 e. The molecule has 1 atom stereocenters. The summed E-state index contributed by atoms with van der Waals surface area (Å²) in [6.07, 6.45) is 0.461. The molecule has 0 spiro atoms. The monoisotopic (exact) mass is 410 g/mol. The number of hydrogen-bond acceptors (Lipinski definition) is 6. The van der Waals surface area contributed by atoms with Crippen molar-refractivity contribution in [3.05, 3.63) is 54.1 Å². The lowest BCUT2D eigenvalue weighted by molar-refractivity contribution is 0.148. The molecule has 0 aromatic heterocycles. The first kappa shape index (κ1) is 20.7. The number of benzene rings is 2. The van der Waals surface area contributed by atoms with E-state index in [2.05, 4.69) is 29.0 Å². The van der Waals surface area contributed by atoms with Crippen molar-refractivity contribution in [3.8, 4) is 17.2 Å². The quantitative estimate of drug-likeness (QED) is 0.817. The van der Waals surface area contributed by atoms with Crippen molar-refractivity contribution < 1.29 is 14.3 Å². The topological polar surface area (TPSA) is 71.3 Å². The average Bonchev–Trinajstić information content (AvgIpc) is 3.19. The van der Waals surface area contributed by atoms with Gasteiger partial charge in [0.25, 0.3) is 0 Å². The highest BCUT2D eigenvalue weighted by atomic mass is 16.6. The Labute approximate surface area is 177 Å². The molecule has 2 heterocycles.